The molecule has 1 N–H and O–H groups in total. The van der Waals surface area contributed by atoms with E-state index in [2.05, 4.69) is 4.98 Å². The van der Waals surface area contributed by atoms with Crippen molar-refractivity contribution < 1.29 is 18.7 Å². The molecular weight excluding hydrogens is 272 g/mol. The van der Waals surface area contributed by atoms with Gasteiger partial charge in [-0.05, 0) is 12.8 Å². The Morgan fingerprint density at radius 2 is 2.00 bits per heavy atom. The summed E-state index contributed by atoms with van der Waals surface area (Å²) in [5.41, 5.74) is -1.24. The Hall–Kier alpha value is -0.750. The first kappa shape index (κ1) is 12.7. The second-order valence-electron chi connectivity index (χ2n) is 4.22. The van der Waals surface area contributed by atoms with E-state index < -0.39 is 30.1 Å². The van der Waals surface area contributed by atoms with Gasteiger partial charge in [0.2, 0.25) is 5.92 Å². The SMILES string of the molecule is O=C(O)C1(c2cnc(Cl)s2)CCC(F)(F)CC1. The van der Waals surface area contributed by atoms with Crippen LogP contribution in [0.1, 0.15) is 30.6 Å². The molecule has 0 aromatic carbocycles. The van der Waals surface area contributed by atoms with E-state index in [1.807, 2.05) is 0 Å². The van der Waals surface area contributed by atoms with Crippen LogP contribution in [0.15, 0.2) is 6.20 Å². The Morgan fingerprint density at radius 3 is 2.41 bits per heavy atom. The quantitative estimate of drug-likeness (QED) is 0.904. The van der Waals surface area contributed by atoms with Gasteiger partial charge in [0.05, 0.1) is 0 Å². The average Bonchev–Trinajstić information content (AvgIpc) is 2.65. The summed E-state index contributed by atoms with van der Waals surface area (Å²) < 4.78 is 26.4. The zero-order valence-electron chi connectivity index (χ0n) is 8.75. The lowest BCUT2D eigenvalue weighted by atomic mass is 9.72. The maximum Gasteiger partial charge on any atom is 0.315 e. The van der Waals surface area contributed by atoms with Crippen LogP contribution in [0.5, 0.6) is 0 Å². The number of hydrogen-bond acceptors (Lipinski definition) is 3. The summed E-state index contributed by atoms with van der Waals surface area (Å²) in [4.78, 5) is 15.6. The van der Waals surface area contributed by atoms with E-state index in [0.717, 1.165) is 11.3 Å². The van der Waals surface area contributed by atoms with E-state index in [0.29, 0.717) is 4.88 Å². The van der Waals surface area contributed by atoms with Crippen LogP contribution in [0.25, 0.3) is 0 Å². The van der Waals surface area contributed by atoms with Crippen LogP contribution >= 0.6 is 22.9 Å². The van der Waals surface area contributed by atoms with Crippen molar-refractivity contribution in [1.29, 1.82) is 0 Å². The van der Waals surface area contributed by atoms with Crippen LogP contribution in [0.2, 0.25) is 4.47 Å². The van der Waals surface area contributed by atoms with Gasteiger partial charge in [0.1, 0.15) is 5.41 Å². The van der Waals surface area contributed by atoms with Crippen molar-refractivity contribution in [1.82, 2.24) is 4.98 Å². The highest BCUT2D eigenvalue weighted by Gasteiger charge is 2.50. The highest BCUT2D eigenvalue weighted by atomic mass is 35.5. The topological polar surface area (TPSA) is 50.2 Å². The molecule has 1 fully saturated rings. The molecule has 2 rings (SSSR count). The first-order chi connectivity index (χ1) is 7.86. The van der Waals surface area contributed by atoms with E-state index in [4.69, 9.17) is 11.6 Å². The number of hydrogen-bond donors (Lipinski definition) is 1. The number of thiazole rings is 1. The molecule has 0 unspecified atom stereocenters. The molecule has 1 aromatic rings. The van der Waals surface area contributed by atoms with Crippen LogP contribution in [-0.2, 0) is 10.2 Å². The van der Waals surface area contributed by atoms with Gasteiger partial charge in [-0.2, -0.15) is 0 Å². The van der Waals surface area contributed by atoms with Crippen molar-refractivity contribution in [2.75, 3.05) is 0 Å². The number of alkyl halides is 2. The fourth-order valence-corrected chi connectivity index (χ4v) is 3.26. The largest absolute Gasteiger partial charge is 0.481 e. The molecule has 3 nitrogen and oxygen atoms in total. The van der Waals surface area contributed by atoms with Gasteiger partial charge < -0.3 is 5.11 Å². The van der Waals surface area contributed by atoms with E-state index in [9.17, 15) is 18.7 Å². The standard InChI is InChI=1S/C10H10ClF2NO2S/c11-8-14-5-6(17-8)9(7(15)16)1-3-10(12,13)4-2-9/h5H,1-4H2,(H,15,16). The molecule has 0 bridgehead atoms. The highest BCUT2D eigenvalue weighted by molar-refractivity contribution is 7.16. The lowest BCUT2D eigenvalue weighted by molar-refractivity contribution is -0.148. The third kappa shape index (κ3) is 2.28. The maximum absolute atomic E-state index is 13.1. The number of nitrogens with zero attached hydrogens (tertiary/aromatic N) is 1. The smallest absolute Gasteiger partial charge is 0.315 e. The molecular formula is C10H10ClF2NO2S. The molecule has 0 saturated heterocycles. The monoisotopic (exact) mass is 281 g/mol. The Morgan fingerprint density at radius 1 is 1.41 bits per heavy atom. The Bertz CT molecular complexity index is 439. The molecule has 1 aliphatic rings. The van der Waals surface area contributed by atoms with E-state index in [-0.39, 0.29) is 17.3 Å². The Balaban J connectivity index is 2.33. The fourth-order valence-electron chi connectivity index (χ4n) is 2.08. The molecule has 1 aromatic heterocycles. The number of aromatic nitrogens is 1. The van der Waals surface area contributed by atoms with Crippen molar-refractivity contribution in [2.24, 2.45) is 0 Å². The maximum atomic E-state index is 13.1. The summed E-state index contributed by atoms with van der Waals surface area (Å²) in [5.74, 6) is -3.83. The molecule has 7 heteroatoms. The predicted molar refractivity (Wildman–Crippen MR) is 59.9 cm³/mol. The molecule has 0 spiro atoms. The minimum Gasteiger partial charge on any atom is -0.481 e. The van der Waals surface area contributed by atoms with Crippen LogP contribution in [0.3, 0.4) is 0 Å². The summed E-state index contributed by atoms with van der Waals surface area (Å²) in [7, 11) is 0. The van der Waals surface area contributed by atoms with Gasteiger partial charge in [-0.25, -0.2) is 13.8 Å². The molecule has 0 amide bonds. The molecule has 1 aliphatic carbocycles. The van der Waals surface area contributed by atoms with Gasteiger partial charge in [-0.15, -0.1) is 11.3 Å². The fraction of sp³-hybridized carbons (Fsp3) is 0.600. The zero-order valence-corrected chi connectivity index (χ0v) is 10.3. The minimum absolute atomic E-state index is 0.0755. The number of halogens is 3. The first-order valence-corrected chi connectivity index (χ1v) is 6.28. The summed E-state index contributed by atoms with van der Waals surface area (Å²) >= 11 is 6.72. The van der Waals surface area contributed by atoms with Crippen LogP contribution < -0.4 is 0 Å². The minimum atomic E-state index is -2.76. The molecule has 94 valence electrons. The van der Waals surface area contributed by atoms with Crippen molar-refractivity contribution in [2.45, 2.75) is 37.0 Å². The number of carboxylic acid groups (broad SMARTS) is 1. The Labute approximate surface area is 105 Å². The lowest BCUT2D eigenvalue weighted by Crippen LogP contribution is -2.42. The molecule has 17 heavy (non-hydrogen) atoms. The van der Waals surface area contributed by atoms with Crippen molar-refractivity contribution in [3.63, 3.8) is 0 Å². The van der Waals surface area contributed by atoms with Crippen molar-refractivity contribution in [3.8, 4) is 0 Å². The summed E-state index contributed by atoms with van der Waals surface area (Å²) in [6, 6.07) is 0. The second kappa shape index (κ2) is 4.17. The molecule has 1 heterocycles. The molecule has 0 radical (unpaired) electrons. The molecule has 1 saturated carbocycles. The zero-order chi connectivity index (χ0) is 12.7. The van der Waals surface area contributed by atoms with Crippen LogP contribution in [0.4, 0.5) is 8.78 Å². The Kier molecular flexibility index (Phi) is 3.12. The lowest BCUT2D eigenvalue weighted by Gasteiger charge is -2.35. The van der Waals surface area contributed by atoms with Crippen LogP contribution in [0, 0.1) is 0 Å². The summed E-state index contributed by atoms with van der Waals surface area (Å²) in [6.07, 6.45) is 0.413. The van der Waals surface area contributed by atoms with Gasteiger partial charge in [0, 0.05) is 23.9 Å². The molecule has 0 atom stereocenters. The number of aliphatic carboxylic acids is 1. The normalized spacial score (nSPS) is 22.3. The van der Waals surface area contributed by atoms with Crippen molar-refractivity contribution in [3.05, 3.63) is 15.5 Å². The van der Waals surface area contributed by atoms with E-state index >= 15 is 0 Å². The molecule has 0 aliphatic heterocycles. The number of carboxylic acids is 1. The highest BCUT2D eigenvalue weighted by Crippen LogP contribution is 2.47. The number of carbonyl (C=O) groups is 1. The van der Waals surface area contributed by atoms with Gasteiger partial charge in [-0.1, -0.05) is 11.6 Å². The van der Waals surface area contributed by atoms with E-state index in [1.54, 1.807) is 0 Å². The average molecular weight is 282 g/mol. The van der Waals surface area contributed by atoms with E-state index in [1.165, 1.54) is 6.20 Å². The number of rotatable bonds is 2. The van der Waals surface area contributed by atoms with Gasteiger partial charge in [-0.3, -0.25) is 4.79 Å². The van der Waals surface area contributed by atoms with Gasteiger partial charge in [0.15, 0.2) is 4.47 Å². The third-order valence-corrected chi connectivity index (χ3v) is 4.51. The predicted octanol–water partition coefficient (Wildman–Crippen LogP) is 3.33. The second-order valence-corrected chi connectivity index (χ2v) is 5.83. The van der Waals surface area contributed by atoms with Gasteiger partial charge in [0.25, 0.3) is 0 Å². The van der Waals surface area contributed by atoms with Gasteiger partial charge >= 0.3 is 5.97 Å². The van der Waals surface area contributed by atoms with Crippen molar-refractivity contribution >= 4 is 28.9 Å². The summed E-state index contributed by atoms with van der Waals surface area (Å²) in [5, 5.41) is 9.31. The summed E-state index contributed by atoms with van der Waals surface area (Å²) in [6.45, 7) is 0. The first-order valence-electron chi connectivity index (χ1n) is 5.09. The van der Waals surface area contributed by atoms with Crippen LogP contribution in [-0.4, -0.2) is 22.0 Å². The third-order valence-electron chi connectivity index (χ3n) is 3.19.